The monoisotopic (exact) mass is 333 g/mol. The zero-order valence-corrected chi connectivity index (χ0v) is 13.8. The van der Waals surface area contributed by atoms with Crippen molar-refractivity contribution >= 4 is 28.2 Å². The summed E-state index contributed by atoms with van der Waals surface area (Å²) in [6.45, 7) is 2.76. The number of hydrogen-bond acceptors (Lipinski definition) is 7. The fourth-order valence-electron chi connectivity index (χ4n) is 2.67. The molecule has 1 fully saturated rings. The third-order valence-electron chi connectivity index (χ3n) is 3.93. The van der Waals surface area contributed by atoms with E-state index in [4.69, 9.17) is 4.74 Å². The van der Waals surface area contributed by atoms with Crippen molar-refractivity contribution in [1.29, 1.82) is 0 Å². The first-order chi connectivity index (χ1) is 11.3. The summed E-state index contributed by atoms with van der Waals surface area (Å²) >= 11 is 1.28. The lowest BCUT2D eigenvalue weighted by molar-refractivity contribution is 0.102. The smallest absolute Gasteiger partial charge is 0.259 e. The van der Waals surface area contributed by atoms with Crippen molar-refractivity contribution in [2.75, 3.05) is 37.0 Å². The normalized spacial score (nSPS) is 15.6. The van der Waals surface area contributed by atoms with E-state index in [1.165, 1.54) is 11.3 Å². The zero-order chi connectivity index (χ0) is 16.1. The predicted octanol–water partition coefficient (Wildman–Crippen LogP) is 2.05. The first kappa shape index (κ1) is 15.8. The van der Waals surface area contributed by atoms with E-state index in [1.54, 1.807) is 24.9 Å². The number of piperidine rings is 1. The fraction of sp³-hybridized carbons (Fsp3) is 0.467. The van der Waals surface area contributed by atoms with Crippen LogP contribution >= 0.6 is 11.3 Å². The number of ether oxygens (including phenoxy) is 1. The fourth-order valence-corrected chi connectivity index (χ4v) is 3.11. The van der Waals surface area contributed by atoms with Crippen LogP contribution in [0.2, 0.25) is 0 Å². The summed E-state index contributed by atoms with van der Waals surface area (Å²) in [6, 6.07) is 3.69. The molecular weight excluding hydrogens is 314 g/mol. The number of carbonyl (C=O) groups is 1. The van der Waals surface area contributed by atoms with Crippen LogP contribution in [0.15, 0.2) is 23.8 Å². The molecule has 0 radical (unpaired) electrons. The van der Waals surface area contributed by atoms with E-state index in [2.05, 4.69) is 25.4 Å². The van der Waals surface area contributed by atoms with Gasteiger partial charge in [0.1, 0.15) is 11.3 Å². The Kier molecular flexibility index (Phi) is 5.14. The van der Waals surface area contributed by atoms with Crippen molar-refractivity contribution in [2.45, 2.75) is 12.8 Å². The summed E-state index contributed by atoms with van der Waals surface area (Å²) in [7, 11) is 1.75. The second-order valence-electron chi connectivity index (χ2n) is 5.49. The molecule has 3 rings (SSSR count). The number of carbonyl (C=O) groups excluding carboxylic acids is 1. The Hall–Kier alpha value is -2.06. The molecule has 0 unspecified atom stereocenters. The van der Waals surface area contributed by atoms with E-state index in [0.717, 1.165) is 38.4 Å². The third kappa shape index (κ3) is 4.02. The van der Waals surface area contributed by atoms with Gasteiger partial charge in [-0.05, 0) is 30.9 Å². The summed E-state index contributed by atoms with van der Waals surface area (Å²) in [5.74, 6) is 1.32. The molecule has 2 aromatic heterocycles. The van der Waals surface area contributed by atoms with E-state index in [-0.39, 0.29) is 5.91 Å². The Bertz CT molecular complexity index is 624. The SMILES string of the molecule is COCC1CCN(c2ccc(C(=O)Nc3nncs3)cn2)CC1. The number of aromatic nitrogens is 3. The number of nitrogens with zero attached hydrogens (tertiary/aromatic N) is 4. The van der Waals surface area contributed by atoms with Gasteiger partial charge in [0.25, 0.3) is 5.91 Å². The first-order valence-corrected chi connectivity index (χ1v) is 8.41. The zero-order valence-electron chi connectivity index (χ0n) is 12.9. The number of anilines is 2. The van der Waals surface area contributed by atoms with Gasteiger partial charge in [-0.2, -0.15) is 0 Å². The number of nitrogens with one attached hydrogen (secondary N) is 1. The lowest BCUT2D eigenvalue weighted by Crippen LogP contribution is -2.35. The molecule has 23 heavy (non-hydrogen) atoms. The molecule has 0 saturated carbocycles. The van der Waals surface area contributed by atoms with Gasteiger partial charge in [-0.15, -0.1) is 10.2 Å². The highest BCUT2D eigenvalue weighted by Gasteiger charge is 2.20. The average Bonchev–Trinajstić information content (AvgIpc) is 3.09. The van der Waals surface area contributed by atoms with Crippen LogP contribution in [0.3, 0.4) is 0 Å². The van der Waals surface area contributed by atoms with Gasteiger partial charge >= 0.3 is 0 Å². The van der Waals surface area contributed by atoms with Gasteiger partial charge < -0.3 is 9.64 Å². The number of amides is 1. The predicted molar refractivity (Wildman–Crippen MR) is 88.9 cm³/mol. The maximum absolute atomic E-state index is 12.1. The highest BCUT2D eigenvalue weighted by Crippen LogP contribution is 2.22. The second kappa shape index (κ2) is 7.47. The van der Waals surface area contributed by atoms with Crippen LogP contribution in [0.1, 0.15) is 23.2 Å². The van der Waals surface area contributed by atoms with Gasteiger partial charge in [-0.1, -0.05) is 11.3 Å². The Morgan fingerprint density at radius 1 is 1.43 bits per heavy atom. The Morgan fingerprint density at radius 2 is 2.26 bits per heavy atom. The molecule has 1 amide bonds. The topological polar surface area (TPSA) is 80.2 Å². The number of pyridine rings is 1. The average molecular weight is 333 g/mol. The molecule has 0 aromatic carbocycles. The minimum absolute atomic E-state index is 0.223. The maximum Gasteiger partial charge on any atom is 0.259 e. The van der Waals surface area contributed by atoms with E-state index in [9.17, 15) is 4.79 Å². The Morgan fingerprint density at radius 3 is 2.87 bits per heavy atom. The molecule has 1 N–H and O–H groups in total. The van der Waals surface area contributed by atoms with Crippen LogP contribution in [-0.4, -0.2) is 47.9 Å². The third-order valence-corrected chi connectivity index (χ3v) is 4.54. The molecule has 1 saturated heterocycles. The second-order valence-corrected chi connectivity index (χ2v) is 6.32. The minimum Gasteiger partial charge on any atom is -0.384 e. The summed E-state index contributed by atoms with van der Waals surface area (Å²) < 4.78 is 5.22. The first-order valence-electron chi connectivity index (χ1n) is 7.53. The van der Waals surface area contributed by atoms with Crippen LogP contribution in [0.4, 0.5) is 10.9 Å². The summed E-state index contributed by atoms with van der Waals surface area (Å²) in [6.07, 6.45) is 3.82. The van der Waals surface area contributed by atoms with Crippen molar-refractivity contribution in [2.24, 2.45) is 5.92 Å². The number of methoxy groups -OCH3 is 1. The Balaban J connectivity index is 1.58. The molecule has 0 atom stereocenters. The standard InChI is InChI=1S/C15H19N5O2S/c1-22-9-11-4-6-20(7-5-11)13-3-2-12(8-16-13)14(21)18-15-19-17-10-23-15/h2-3,8,10-11H,4-7,9H2,1H3,(H,18,19,21). The maximum atomic E-state index is 12.1. The Labute approximate surface area is 138 Å². The van der Waals surface area contributed by atoms with E-state index < -0.39 is 0 Å². The largest absolute Gasteiger partial charge is 0.384 e. The van der Waals surface area contributed by atoms with E-state index in [1.807, 2.05) is 6.07 Å². The lowest BCUT2D eigenvalue weighted by atomic mass is 9.98. The van der Waals surface area contributed by atoms with Crippen molar-refractivity contribution in [3.05, 3.63) is 29.4 Å². The van der Waals surface area contributed by atoms with Gasteiger partial charge in [0, 0.05) is 33.0 Å². The quantitative estimate of drug-likeness (QED) is 0.902. The van der Waals surface area contributed by atoms with Gasteiger partial charge in [-0.25, -0.2) is 4.98 Å². The van der Waals surface area contributed by atoms with Crippen LogP contribution in [0.5, 0.6) is 0 Å². The number of rotatable bonds is 5. The molecule has 2 aromatic rings. The van der Waals surface area contributed by atoms with E-state index in [0.29, 0.717) is 16.6 Å². The lowest BCUT2D eigenvalue weighted by Gasteiger charge is -2.32. The van der Waals surface area contributed by atoms with E-state index >= 15 is 0 Å². The van der Waals surface area contributed by atoms with Crippen LogP contribution in [0.25, 0.3) is 0 Å². The van der Waals surface area contributed by atoms with Crippen molar-refractivity contribution in [3.8, 4) is 0 Å². The molecule has 122 valence electrons. The van der Waals surface area contributed by atoms with Crippen molar-refractivity contribution in [3.63, 3.8) is 0 Å². The molecular formula is C15H19N5O2S. The number of hydrogen-bond donors (Lipinski definition) is 1. The molecule has 8 heteroatoms. The van der Waals surface area contributed by atoms with Gasteiger partial charge in [0.2, 0.25) is 5.13 Å². The minimum atomic E-state index is -0.223. The molecule has 1 aliphatic rings. The highest BCUT2D eigenvalue weighted by atomic mass is 32.1. The van der Waals surface area contributed by atoms with Gasteiger partial charge in [0.15, 0.2) is 0 Å². The van der Waals surface area contributed by atoms with Crippen LogP contribution < -0.4 is 10.2 Å². The summed E-state index contributed by atoms with van der Waals surface area (Å²) in [5.41, 5.74) is 2.09. The highest BCUT2D eigenvalue weighted by molar-refractivity contribution is 7.13. The molecule has 3 heterocycles. The van der Waals surface area contributed by atoms with Crippen LogP contribution in [0, 0.1) is 5.92 Å². The molecule has 0 spiro atoms. The molecule has 1 aliphatic heterocycles. The van der Waals surface area contributed by atoms with Crippen molar-refractivity contribution < 1.29 is 9.53 Å². The molecule has 7 nitrogen and oxygen atoms in total. The molecule has 0 bridgehead atoms. The van der Waals surface area contributed by atoms with Crippen molar-refractivity contribution in [1.82, 2.24) is 15.2 Å². The van der Waals surface area contributed by atoms with Crippen LogP contribution in [-0.2, 0) is 4.74 Å². The van der Waals surface area contributed by atoms with Gasteiger partial charge in [-0.3, -0.25) is 10.1 Å². The summed E-state index contributed by atoms with van der Waals surface area (Å²) in [4.78, 5) is 18.7. The molecule has 0 aliphatic carbocycles. The summed E-state index contributed by atoms with van der Waals surface area (Å²) in [5, 5.41) is 10.7. The van der Waals surface area contributed by atoms with Gasteiger partial charge in [0.05, 0.1) is 5.56 Å².